The van der Waals surface area contributed by atoms with Crippen molar-refractivity contribution in [2.24, 2.45) is 17.8 Å². The maximum absolute atomic E-state index is 12.8. The summed E-state index contributed by atoms with van der Waals surface area (Å²) in [5.74, 6) is -3.06. The Bertz CT molecular complexity index is 636. The highest BCUT2D eigenvalue weighted by Gasteiger charge is 2.44. The summed E-state index contributed by atoms with van der Waals surface area (Å²) in [6, 6.07) is 7.70. The van der Waals surface area contributed by atoms with E-state index >= 15 is 0 Å². The van der Waals surface area contributed by atoms with Crippen molar-refractivity contribution in [1.29, 1.82) is 0 Å². The molecule has 3 unspecified atom stereocenters. The van der Waals surface area contributed by atoms with E-state index in [1.165, 1.54) is 7.11 Å². The van der Waals surface area contributed by atoms with E-state index in [1.54, 1.807) is 13.8 Å². The summed E-state index contributed by atoms with van der Waals surface area (Å²) in [5, 5.41) is 2.87. The largest absolute Gasteiger partial charge is 0.468 e. The van der Waals surface area contributed by atoms with E-state index in [-0.39, 0.29) is 17.6 Å². The molecular weight excluding hydrogens is 318 g/mol. The van der Waals surface area contributed by atoms with E-state index in [4.69, 9.17) is 4.74 Å². The van der Waals surface area contributed by atoms with Crippen LogP contribution >= 0.6 is 0 Å². The minimum Gasteiger partial charge on any atom is -0.468 e. The first-order chi connectivity index (χ1) is 11.9. The summed E-state index contributed by atoms with van der Waals surface area (Å²) in [5.41, 5.74) is 1.91. The van der Waals surface area contributed by atoms with Gasteiger partial charge in [-0.25, -0.2) is 0 Å². The molecule has 1 saturated heterocycles. The first-order valence-corrected chi connectivity index (χ1v) is 8.82. The zero-order valence-corrected chi connectivity index (χ0v) is 15.4. The minimum absolute atomic E-state index is 0.0951. The molecule has 136 valence electrons. The first-order valence-electron chi connectivity index (χ1n) is 8.82. The highest BCUT2D eigenvalue weighted by molar-refractivity contribution is 6.01. The van der Waals surface area contributed by atoms with Crippen LogP contribution in [0.4, 0.5) is 0 Å². The van der Waals surface area contributed by atoms with Gasteiger partial charge in [0.15, 0.2) is 0 Å². The summed E-state index contributed by atoms with van der Waals surface area (Å²) in [6.45, 7) is 6.15. The number of hydrogen-bond acceptors (Lipinski definition) is 4. The Morgan fingerprint density at radius 2 is 1.84 bits per heavy atom. The summed E-state index contributed by atoms with van der Waals surface area (Å²) in [7, 11) is 1.29. The van der Waals surface area contributed by atoms with Gasteiger partial charge in [0.2, 0.25) is 5.91 Å². The van der Waals surface area contributed by atoms with Crippen LogP contribution in [-0.2, 0) is 19.1 Å². The quantitative estimate of drug-likeness (QED) is 0.635. The van der Waals surface area contributed by atoms with Crippen LogP contribution in [0.2, 0.25) is 0 Å². The Labute approximate surface area is 149 Å². The van der Waals surface area contributed by atoms with Crippen molar-refractivity contribution in [3.8, 4) is 0 Å². The molecule has 1 aromatic rings. The molecule has 5 nitrogen and oxygen atoms in total. The fourth-order valence-electron chi connectivity index (χ4n) is 3.51. The molecule has 1 heterocycles. The lowest BCUT2D eigenvalue weighted by Gasteiger charge is -2.34. The van der Waals surface area contributed by atoms with Crippen molar-refractivity contribution in [1.82, 2.24) is 5.32 Å². The Morgan fingerprint density at radius 3 is 2.36 bits per heavy atom. The van der Waals surface area contributed by atoms with E-state index in [2.05, 4.69) is 5.32 Å². The molecule has 0 aliphatic carbocycles. The highest BCUT2D eigenvalue weighted by atomic mass is 16.5. The van der Waals surface area contributed by atoms with Crippen LogP contribution < -0.4 is 5.32 Å². The van der Waals surface area contributed by atoms with E-state index in [1.807, 2.05) is 31.2 Å². The van der Waals surface area contributed by atoms with Gasteiger partial charge in [0.1, 0.15) is 11.7 Å². The predicted octanol–water partition coefficient (Wildman–Crippen LogP) is 2.62. The predicted molar refractivity (Wildman–Crippen MR) is 95.0 cm³/mol. The smallest absolute Gasteiger partial charge is 0.316 e. The third kappa shape index (κ3) is 4.27. The molecule has 0 aromatic heterocycles. The van der Waals surface area contributed by atoms with Gasteiger partial charge in [0.05, 0.1) is 7.11 Å². The van der Waals surface area contributed by atoms with Gasteiger partial charge >= 0.3 is 5.97 Å². The zero-order chi connectivity index (χ0) is 18.6. The average Bonchev–Trinajstić information content (AvgIpc) is 2.60. The number of ketones is 1. The number of amides is 1. The standard InChI is InChI=1S/C20H27NO4/c1-12(2)18(22)17(20(24)25-4)16(14-9-7-13(3)8-10-14)15-6-5-11-21-19(15)23/h7-10,12,15-17H,5-6,11H2,1-4H3,(H,21,23). The Morgan fingerprint density at radius 1 is 1.20 bits per heavy atom. The molecule has 5 heteroatoms. The first kappa shape index (κ1) is 19.2. The van der Waals surface area contributed by atoms with Crippen LogP contribution in [0, 0.1) is 24.7 Å². The number of carbonyl (C=O) groups excluding carboxylic acids is 3. The van der Waals surface area contributed by atoms with Crippen LogP contribution in [0.5, 0.6) is 0 Å². The van der Waals surface area contributed by atoms with Crippen LogP contribution in [0.15, 0.2) is 24.3 Å². The van der Waals surface area contributed by atoms with Crippen molar-refractivity contribution >= 4 is 17.7 Å². The van der Waals surface area contributed by atoms with Crippen molar-refractivity contribution in [3.05, 3.63) is 35.4 Å². The van der Waals surface area contributed by atoms with Gasteiger partial charge < -0.3 is 10.1 Å². The Hall–Kier alpha value is -2.17. The molecule has 1 aliphatic heterocycles. The second kappa shape index (κ2) is 8.28. The summed E-state index contributed by atoms with van der Waals surface area (Å²) in [4.78, 5) is 37.9. The number of rotatable bonds is 6. The third-order valence-electron chi connectivity index (χ3n) is 4.91. The number of ether oxygens (including phenoxy) is 1. The Balaban J connectivity index is 2.53. The molecule has 0 radical (unpaired) electrons. The SMILES string of the molecule is COC(=O)C(C(=O)C(C)C)C(c1ccc(C)cc1)C1CCCNC1=O. The van der Waals surface area contributed by atoms with E-state index in [0.717, 1.165) is 17.5 Å². The van der Waals surface area contributed by atoms with Crippen molar-refractivity contribution in [2.75, 3.05) is 13.7 Å². The van der Waals surface area contributed by atoms with Gasteiger partial charge in [0, 0.05) is 24.3 Å². The summed E-state index contributed by atoms with van der Waals surface area (Å²) < 4.78 is 4.94. The summed E-state index contributed by atoms with van der Waals surface area (Å²) >= 11 is 0. The lowest BCUT2D eigenvalue weighted by atomic mass is 9.70. The highest BCUT2D eigenvalue weighted by Crippen LogP contribution is 2.38. The molecule has 1 N–H and O–H groups in total. The maximum atomic E-state index is 12.8. The average molecular weight is 345 g/mol. The third-order valence-corrected chi connectivity index (χ3v) is 4.91. The Kier molecular flexibility index (Phi) is 6.34. The molecule has 0 spiro atoms. The number of Topliss-reactive ketones (excluding diaryl/α,β-unsaturated/α-hetero) is 1. The number of piperidine rings is 1. The number of carbonyl (C=O) groups is 3. The lowest BCUT2D eigenvalue weighted by Crippen LogP contribution is -2.45. The number of aryl methyl sites for hydroxylation is 1. The van der Waals surface area contributed by atoms with Crippen LogP contribution in [-0.4, -0.2) is 31.3 Å². The summed E-state index contributed by atoms with van der Waals surface area (Å²) in [6.07, 6.45) is 1.49. The monoisotopic (exact) mass is 345 g/mol. The number of benzene rings is 1. The molecule has 0 saturated carbocycles. The van der Waals surface area contributed by atoms with Gasteiger partial charge in [-0.15, -0.1) is 0 Å². The molecule has 0 bridgehead atoms. The van der Waals surface area contributed by atoms with Crippen molar-refractivity contribution < 1.29 is 19.1 Å². The lowest BCUT2D eigenvalue weighted by molar-refractivity contribution is -0.152. The van der Waals surface area contributed by atoms with Crippen LogP contribution in [0.25, 0.3) is 0 Å². The van der Waals surface area contributed by atoms with Crippen molar-refractivity contribution in [2.45, 2.75) is 39.5 Å². The fourth-order valence-corrected chi connectivity index (χ4v) is 3.51. The van der Waals surface area contributed by atoms with Gasteiger partial charge in [0.25, 0.3) is 0 Å². The second-order valence-electron chi connectivity index (χ2n) is 7.03. The second-order valence-corrected chi connectivity index (χ2v) is 7.03. The van der Waals surface area contributed by atoms with E-state index in [0.29, 0.717) is 13.0 Å². The molecule has 1 fully saturated rings. The molecule has 2 rings (SSSR count). The zero-order valence-electron chi connectivity index (χ0n) is 15.4. The number of nitrogens with one attached hydrogen (secondary N) is 1. The normalized spacial score (nSPS) is 19.9. The minimum atomic E-state index is -0.971. The number of esters is 1. The van der Waals surface area contributed by atoms with Crippen LogP contribution in [0.3, 0.4) is 0 Å². The number of hydrogen-bond donors (Lipinski definition) is 1. The molecule has 1 aliphatic rings. The topological polar surface area (TPSA) is 72.5 Å². The molecule has 1 amide bonds. The fraction of sp³-hybridized carbons (Fsp3) is 0.550. The maximum Gasteiger partial charge on any atom is 0.316 e. The molecule has 3 atom stereocenters. The van der Waals surface area contributed by atoms with Crippen LogP contribution in [0.1, 0.15) is 43.7 Å². The number of methoxy groups -OCH3 is 1. The van der Waals surface area contributed by atoms with Gasteiger partial charge in [-0.1, -0.05) is 43.7 Å². The molecule has 25 heavy (non-hydrogen) atoms. The van der Waals surface area contributed by atoms with E-state index < -0.39 is 23.7 Å². The van der Waals surface area contributed by atoms with Gasteiger partial charge in [-0.2, -0.15) is 0 Å². The van der Waals surface area contributed by atoms with Crippen molar-refractivity contribution in [3.63, 3.8) is 0 Å². The molecule has 1 aromatic carbocycles. The van der Waals surface area contributed by atoms with Gasteiger partial charge in [-0.3, -0.25) is 14.4 Å². The van der Waals surface area contributed by atoms with E-state index in [9.17, 15) is 14.4 Å². The van der Waals surface area contributed by atoms with Gasteiger partial charge in [-0.05, 0) is 25.3 Å². The molecular formula is C20H27NO4.